The second-order valence-corrected chi connectivity index (χ2v) is 8.65. The standard InChI is InChI=1S/C24H21F2N5O2/c1-24(33)10-13(11-24)31-22(27)18(23(28)32)21(30-31)15-8-6-12-7-9-17(29-20(12)19(15)26)14-4-2-3-5-16(14)25/h2-9,13,33H,10-11,27H2,1H3,(H2,28,32). The van der Waals surface area contributed by atoms with Crippen LogP contribution in [0.3, 0.4) is 0 Å². The average Bonchev–Trinajstić information content (AvgIpc) is 3.09. The van der Waals surface area contributed by atoms with Crippen molar-refractivity contribution < 1.29 is 18.7 Å². The normalized spacial score (nSPS) is 20.1. The van der Waals surface area contributed by atoms with Crippen molar-refractivity contribution in [1.29, 1.82) is 0 Å². The topological polar surface area (TPSA) is 120 Å². The molecule has 2 aromatic heterocycles. The van der Waals surface area contributed by atoms with E-state index in [2.05, 4.69) is 10.1 Å². The summed E-state index contributed by atoms with van der Waals surface area (Å²) in [7, 11) is 0. The third-order valence-electron chi connectivity index (χ3n) is 6.10. The van der Waals surface area contributed by atoms with Crippen molar-refractivity contribution in [3.8, 4) is 22.5 Å². The van der Waals surface area contributed by atoms with E-state index in [4.69, 9.17) is 11.5 Å². The molecule has 0 radical (unpaired) electrons. The second kappa shape index (κ2) is 7.35. The van der Waals surface area contributed by atoms with Crippen LogP contribution in [0.2, 0.25) is 0 Å². The zero-order valence-electron chi connectivity index (χ0n) is 17.7. The lowest BCUT2D eigenvalue weighted by Crippen LogP contribution is -2.42. The minimum atomic E-state index is -0.850. The molecule has 0 aliphatic heterocycles. The van der Waals surface area contributed by atoms with E-state index in [9.17, 15) is 14.3 Å². The van der Waals surface area contributed by atoms with Crippen molar-refractivity contribution in [3.63, 3.8) is 0 Å². The van der Waals surface area contributed by atoms with E-state index in [1.165, 1.54) is 16.8 Å². The summed E-state index contributed by atoms with van der Waals surface area (Å²) in [5, 5.41) is 15.0. The van der Waals surface area contributed by atoms with Gasteiger partial charge in [-0.25, -0.2) is 18.4 Å². The van der Waals surface area contributed by atoms with Crippen LogP contribution in [-0.4, -0.2) is 31.4 Å². The highest BCUT2D eigenvalue weighted by molar-refractivity contribution is 6.04. The Morgan fingerprint density at radius 3 is 2.48 bits per heavy atom. The number of pyridine rings is 1. The molecular weight excluding hydrogens is 428 g/mol. The molecule has 9 heteroatoms. The van der Waals surface area contributed by atoms with E-state index in [1.807, 2.05) is 0 Å². The zero-order chi connectivity index (χ0) is 23.5. The van der Waals surface area contributed by atoms with Gasteiger partial charge >= 0.3 is 0 Å². The van der Waals surface area contributed by atoms with Crippen molar-refractivity contribution in [2.45, 2.75) is 31.4 Å². The molecule has 1 fully saturated rings. The average molecular weight is 449 g/mol. The van der Waals surface area contributed by atoms with Gasteiger partial charge in [0, 0.05) is 16.5 Å². The quantitative estimate of drug-likeness (QED) is 0.438. The van der Waals surface area contributed by atoms with Crippen LogP contribution in [0, 0.1) is 11.6 Å². The number of hydrogen-bond acceptors (Lipinski definition) is 5. The Hall–Kier alpha value is -3.85. The largest absolute Gasteiger partial charge is 0.390 e. The number of anilines is 1. The SMILES string of the molecule is CC1(O)CC(n2nc(-c3ccc4ccc(-c5ccccc5F)nc4c3F)c(C(N)=O)c2N)C1. The first-order valence-electron chi connectivity index (χ1n) is 10.4. The number of hydrogen-bond donors (Lipinski definition) is 3. The number of rotatable bonds is 4. The number of aliphatic hydroxyl groups is 1. The van der Waals surface area contributed by atoms with Crippen molar-refractivity contribution in [3.05, 3.63) is 65.7 Å². The highest BCUT2D eigenvalue weighted by Crippen LogP contribution is 2.43. The molecule has 1 aliphatic carbocycles. The molecule has 168 valence electrons. The fourth-order valence-corrected chi connectivity index (χ4v) is 4.44. The van der Waals surface area contributed by atoms with Gasteiger partial charge in [-0.3, -0.25) is 4.79 Å². The van der Waals surface area contributed by atoms with Crippen LogP contribution in [0.15, 0.2) is 48.5 Å². The van der Waals surface area contributed by atoms with E-state index in [-0.39, 0.29) is 45.5 Å². The van der Waals surface area contributed by atoms with Crippen molar-refractivity contribution in [2.75, 3.05) is 5.73 Å². The molecule has 1 aliphatic rings. The van der Waals surface area contributed by atoms with E-state index in [0.717, 1.165) is 0 Å². The maximum atomic E-state index is 15.7. The summed E-state index contributed by atoms with van der Waals surface area (Å²) in [4.78, 5) is 16.5. The smallest absolute Gasteiger partial charge is 0.254 e. The van der Waals surface area contributed by atoms with Crippen molar-refractivity contribution in [1.82, 2.24) is 14.8 Å². The fourth-order valence-electron chi connectivity index (χ4n) is 4.44. The molecule has 0 bridgehead atoms. The van der Waals surface area contributed by atoms with Gasteiger partial charge in [-0.1, -0.05) is 24.3 Å². The minimum Gasteiger partial charge on any atom is -0.390 e. The Bertz CT molecular complexity index is 1420. The van der Waals surface area contributed by atoms with Crippen LogP contribution in [0.5, 0.6) is 0 Å². The van der Waals surface area contributed by atoms with E-state index in [1.54, 1.807) is 43.3 Å². The van der Waals surface area contributed by atoms with Gasteiger partial charge in [0.15, 0.2) is 5.82 Å². The number of primary amides is 1. The van der Waals surface area contributed by atoms with E-state index in [0.29, 0.717) is 18.2 Å². The molecule has 5 N–H and O–H groups in total. The molecule has 2 aromatic carbocycles. The van der Waals surface area contributed by atoms with Crippen LogP contribution >= 0.6 is 0 Å². The Morgan fingerprint density at radius 2 is 1.82 bits per heavy atom. The maximum Gasteiger partial charge on any atom is 0.254 e. The summed E-state index contributed by atoms with van der Waals surface area (Å²) in [5.41, 5.74) is 11.3. The maximum absolute atomic E-state index is 15.7. The first-order chi connectivity index (χ1) is 15.7. The van der Waals surface area contributed by atoms with Gasteiger partial charge in [-0.05, 0) is 44.0 Å². The predicted octanol–water partition coefficient (Wildman–Crippen LogP) is 3.81. The fraction of sp³-hybridized carbons (Fsp3) is 0.208. The van der Waals surface area contributed by atoms with E-state index < -0.39 is 23.1 Å². The van der Waals surface area contributed by atoms with E-state index >= 15 is 4.39 Å². The highest BCUT2D eigenvalue weighted by Gasteiger charge is 2.42. The summed E-state index contributed by atoms with van der Waals surface area (Å²) < 4.78 is 31.4. The Morgan fingerprint density at radius 1 is 1.12 bits per heavy atom. The number of nitrogens with zero attached hydrogens (tertiary/aromatic N) is 3. The summed E-state index contributed by atoms with van der Waals surface area (Å²) in [6.45, 7) is 1.70. The van der Waals surface area contributed by atoms with Crippen LogP contribution in [0.4, 0.5) is 14.6 Å². The van der Waals surface area contributed by atoms with Crippen LogP contribution in [-0.2, 0) is 0 Å². The molecular formula is C24H21F2N5O2. The highest BCUT2D eigenvalue weighted by atomic mass is 19.1. The van der Waals surface area contributed by atoms with Crippen LogP contribution < -0.4 is 11.5 Å². The minimum absolute atomic E-state index is 0.00312. The number of amides is 1. The van der Waals surface area contributed by atoms with Crippen LogP contribution in [0.25, 0.3) is 33.4 Å². The molecule has 4 aromatic rings. The summed E-state index contributed by atoms with van der Waals surface area (Å²) >= 11 is 0. The molecule has 7 nitrogen and oxygen atoms in total. The van der Waals surface area contributed by atoms with Gasteiger partial charge in [0.25, 0.3) is 5.91 Å². The van der Waals surface area contributed by atoms with Gasteiger partial charge in [0.1, 0.15) is 28.4 Å². The molecule has 1 saturated carbocycles. The molecule has 0 spiro atoms. The van der Waals surface area contributed by atoms with Gasteiger partial charge in [0.2, 0.25) is 0 Å². The number of carbonyl (C=O) groups is 1. The van der Waals surface area contributed by atoms with Crippen molar-refractivity contribution >= 4 is 22.6 Å². The number of nitrogen functional groups attached to an aromatic ring is 1. The number of halogens is 2. The third-order valence-corrected chi connectivity index (χ3v) is 6.10. The van der Waals surface area contributed by atoms with Gasteiger partial charge < -0.3 is 16.6 Å². The second-order valence-electron chi connectivity index (χ2n) is 8.65. The number of fused-ring (bicyclic) bond motifs is 1. The molecule has 33 heavy (non-hydrogen) atoms. The molecule has 0 atom stereocenters. The Kier molecular flexibility index (Phi) is 4.68. The molecule has 5 rings (SSSR count). The molecule has 2 heterocycles. The number of carbonyl (C=O) groups excluding carboxylic acids is 1. The Labute approximate surface area is 187 Å². The van der Waals surface area contributed by atoms with Gasteiger partial charge in [0.05, 0.1) is 17.3 Å². The Balaban J connectivity index is 1.67. The number of aromatic nitrogens is 3. The zero-order valence-corrected chi connectivity index (χ0v) is 17.7. The summed E-state index contributed by atoms with van der Waals surface area (Å²) in [6, 6.07) is 12.3. The lowest BCUT2D eigenvalue weighted by Gasteiger charge is -2.41. The lowest BCUT2D eigenvalue weighted by atomic mass is 9.77. The summed E-state index contributed by atoms with van der Waals surface area (Å²) in [6.07, 6.45) is 0.786. The number of nitrogens with two attached hydrogens (primary N) is 2. The van der Waals surface area contributed by atoms with Crippen molar-refractivity contribution in [2.24, 2.45) is 5.73 Å². The first kappa shape index (κ1) is 21.0. The lowest BCUT2D eigenvalue weighted by molar-refractivity contribution is -0.0535. The monoisotopic (exact) mass is 449 g/mol. The third kappa shape index (κ3) is 3.41. The number of benzene rings is 2. The predicted molar refractivity (Wildman–Crippen MR) is 120 cm³/mol. The summed E-state index contributed by atoms with van der Waals surface area (Å²) in [5.74, 6) is -2.02. The molecule has 0 unspecified atom stereocenters. The molecule has 1 amide bonds. The molecule has 0 saturated heterocycles. The van der Waals surface area contributed by atoms with Gasteiger partial charge in [-0.15, -0.1) is 0 Å². The van der Waals surface area contributed by atoms with Crippen LogP contribution in [0.1, 0.15) is 36.2 Å². The first-order valence-corrected chi connectivity index (χ1v) is 10.4. The van der Waals surface area contributed by atoms with Gasteiger partial charge in [-0.2, -0.15) is 5.10 Å².